The number of pyridine rings is 1. The van der Waals surface area contributed by atoms with E-state index in [1.54, 1.807) is 18.3 Å². The molecule has 1 amide bonds. The van der Waals surface area contributed by atoms with E-state index in [-0.39, 0.29) is 36.3 Å². The lowest BCUT2D eigenvalue weighted by atomic mass is 9.82. The molecule has 3 heterocycles. The van der Waals surface area contributed by atoms with Crippen LogP contribution in [0, 0.1) is 5.92 Å². The summed E-state index contributed by atoms with van der Waals surface area (Å²) in [5.74, 6) is -6.00. The van der Waals surface area contributed by atoms with E-state index in [1.807, 2.05) is 0 Å². The summed E-state index contributed by atoms with van der Waals surface area (Å²) in [5.41, 5.74) is 0.513. The van der Waals surface area contributed by atoms with Gasteiger partial charge in [0.05, 0.1) is 11.4 Å². The van der Waals surface area contributed by atoms with Crippen molar-refractivity contribution in [1.82, 2.24) is 19.5 Å². The Hall–Kier alpha value is -3.31. The maximum absolute atomic E-state index is 14.0. The van der Waals surface area contributed by atoms with Gasteiger partial charge in [0.1, 0.15) is 17.7 Å². The molecule has 0 bridgehead atoms. The summed E-state index contributed by atoms with van der Waals surface area (Å²) in [6, 6.07) is 4.50. The molecule has 0 spiro atoms. The molecule has 1 fully saturated rings. The number of hydrogen-bond acceptors (Lipinski definition) is 5. The lowest BCUT2D eigenvalue weighted by Crippen LogP contribution is -2.42. The number of amides is 1. The Morgan fingerprint density at radius 2 is 1.91 bits per heavy atom. The van der Waals surface area contributed by atoms with Gasteiger partial charge < -0.3 is 14.6 Å². The highest BCUT2D eigenvalue weighted by Gasteiger charge is 2.49. The van der Waals surface area contributed by atoms with Crippen LogP contribution in [0.3, 0.4) is 0 Å². The van der Waals surface area contributed by atoms with Crippen molar-refractivity contribution < 1.29 is 31.5 Å². The minimum absolute atomic E-state index is 0.0354. The predicted octanol–water partition coefficient (Wildman–Crippen LogP) is 4.61. The molecule has 0 aromatic carbocycles. The van der Waals surface area contributed by atoms with E-state index in [9.17, 15) is 26.7 Å². The Morgan fingerprint density at radius 3 is 2.53 bits per heavy atom. The van der Waals surface area contributed by atoms with Crippen molar-refractivity contribution in [2.24, 2.45) is 5.92 Å². The van der Waals surface area contributed by atoms with Crippen molar-refractivity contribution >= 4 is 22.6 Å². The molecule has 170 valence electrons. The highest BCUT2D eigenvalue weighted by molar-refractivity contribution is 5.91. The van der Waals surface area contributed by atoms with E-state index in [1.165, 1.54) is 23.8 Å². The molecule has 0 unspecified atom stereocenters. The fraction of sp³-hybridized carbons (Fsp3) is 0.400. The molecular formula is C20H18F5N5O2. The first kappa shape index (κ1) is 21.9. The molecule has 3 aromatic rings. The van der Waals surface area contributed by atoms with Gasteiger partial charge in [-0.25, -0.2) is 9.97 Å². The average Bonchev–Trinajstić information content (AvgIpc) is 3.05. The predicted molar refractivity (Wildman–Crippen MR) is 104 cm³/mol. The number of nitrogens with zero attached hydrogens (tertiary/aromatic N) is 4. The first-order valence-corrected chi connectivity index (χ1v) is 9.66. The van der Waals surface area contributed by atoms with Crippen LogP contribution in [-0.4, -0.2) is 37.7 Å². The first-order valence-electron chi connectivity index (χ1n) is 9.66. The van der Waals surface area contributed by atoms with Crippen LogP contribution >= 0.6 is 0 Å². The van der Waals surface area contributed by atoms with Gasteiger partial charge in [0.2, 0.25) is 17.6 Å². The number of carbonyl (C=O) groups excluding carboxylic acids is 1. The molecule has 1 aliphatic rings. The van der Waals surface area contributed by atoms with Crippen LogP contribution < -0.4 is 10.1 Å². The SMILES string of the molecule is CC(=O)Nc1cc2c(ccn2-c2cc(OC3CC(C(F)(F)F)C3)nc(C(C)(F)F)n2)cn1. The zero-order valence-corrected chi connectivity index (χ0v) is 17.0. The van der Waals surface area contributed by atoms with Gasteiger partial charge in [0.15, 0.2) is 0 Å². The number of anilines is 1. The lowest BCUT2D eigenvalue weighted by Gasteiger charge is -2.36. The molecule has 3 aromatic heterocycles. The van der Waals surface area contributed by atoms with E-state index in [0.717, 1.165) is 0 Å². The van der Waals surface area contributed by atoms with Crippen LogP contribution in [0.2, 0.25) is 0 Å². The van der Waals surface area contributed by atoms with Crippen LogP contribution in [0.25, 0.3) is 16.7 Å². The Balaban J connectivity index is 1.69. The summed E-state index contributed by atoms with van der Waals surface area (Å²) in [5, 5.41) is 3.19. The van der Waals surface area contributed by atoms with Crippen LogP contribution in [0.4, 0.5) is 27.8 Å². The van der Waals surface area contributed by atoms with Gasteiger partial charge in [0.25, 0.3) is 0 Å². The summed E-state index contributed by atoms with van der Waals surface area (Å²) in [4.78, 5) is 23.1. The maximum atomic E-state index is 14.0. The molecule has 1 saturated carbocycles. The number of fused-ring (bicyclic) bond motifs is 1. The molecule has 1 N–H and O–H groups in total. The Kier molecular flexibility index (Phi) is 5.25. The quantitative estimate of drug-likeness (QED) is 0.569. The standard InChI is InChI=1S/C20H18F5N5O2/c1-10(31)27-15-7-14-11(9-26-15)3-4-30(14)16-8-17(29-18(28-16)19(2,21)22)32-13-5-12(6-13)20(23,24)25/h3-4,7-9,12-13H,5-6H2,1-2H3,(H,26,27,31). The van der Waals surface area contributed by atoms with Gasteiger partial charge in [-0.15, -0.1) is 0 Å². The molecule has 7 nitrogen and oxygen atoms in total. The van der Waals surface area contributed by atoms with E-state index in [2.05, 4.69) is 20.3 Å². The molecule has 0 saturated heterocycles. The fourth-order valence-electron chi connectivity index (χ4n) is 3.37. The van der Waals surface area contributed by atoms with Crippen molar-refractivity contribution in [3.05, 3.63) is 36.4 Å². The monoisotopic (exact) mass is 455 g/mol. The molecule has 4 rings (SSSR count). The van der Waals surface area contributed by atoms with Gasteiger partial charge in [0, 0.05) is 43.8 Å². The molecule has 32 heavy (non-hydrogen) atoms. The third-order valence-electron chi connectivity index (χ3n) is 5.05. The second-order valence-electron chi connectivity index (χ2n) is 7.72. The van der Waals surface area contributed by atoms with Crippen LogP contribution in [0.1, 0.15) is 32.5 Å². The second kappa shape index (κ2) is 7.68. The third kappa shape index (κ3) is 4.48. The number of hydrogen-bond donors (Lipinski definition) is 1. The number of ether oxygens (including phenoxy) is 1. The molecule has 12 heteroatoms. The summed E-state index contributed by atoms with van der Waals surface area (Å²) >= 11 is 0. The van der Waals surface area contributed by atoms with Crippen molar-refractivity contribution in [3.8, 4) is 11.7 Å². The third-order valence-corrected chi connectivity index (χ3v) is 5.05. The number of rotatable bonds is 5. The van der Waals surface area contributed by atoms with Gasteiger partial charge in [-0.1, -0.05) is 0 Å². The molecule has 1 aliphatic carbocycles. The van der Waals surface area contributed by atoms with E-state index in [4.69, 9.17) is 4.74 Å². The topological polar surface area (TPSA) is 81.9 Å². The summed E-state index contributed by atoms with van der Waals surface area (Å²) in [6.07, 6.45) is -2.56. The van der Waals surface area contributed by atoms with E-state index >= 15 is 0 Å². The van der Waals surface area contributed by atoms with Crippen molar-refractivity contribution in [2.75, 3.05) is 5.32 Å². The van der Waals surface area contributed by atoms with E-state index in [0.29, 0.717) is 17.8 Å². The summed E-state index contributed by atoms with van der Waals surface area (Å²) < 4.78 is 73.2. The van der Waals surface area contributed by atoms with Crippen molar-refractivity contribution in [2.45, 2.75) is 44.9 Å². The first-order chi connectivity index (χ1) is 14.9. The van der Waals surface area contributed by atoms with Gasteiger partial charge >= 0.3 is 12.1 Å². The smallest absolute Gasteiger partial charge is 0.392 e. The van der Waals surface area contributed by atoms with Crippen molar-refractivity contribution in [3.63, 3.8) is 0 Å². The van der Waals surface area contributed by atoms with E-state index < -0.39 is 29.9 Å². The largest absolute Gasteiger partial charge is 0.474 e. The molecule has 0 aliphatic heterocycles. The van der Waals surface area contributed by atoms with Crippen molar-refractivity contribution in [1.29, 1.82) is 0 Å². The number of carbonyl (C=O) groups is 1. The van der Waals surface area contributed by atoms with Crippen LogP contribution in [-0.2, 0) is 10.7 Å². The average molecular weight is 455 g/mol. The van der Waals surface area contributed by atoms with Gasteiger partial charge in [-0.3, -0.25) is 4.79 Å². The summed E-state index contributed by atoms with van der Waals surface area (Å²) in [6.45, 7) is 1.93. The molecule has 0 atom stereocenters. The Bertz CT molecular complexity index is 1170. The minimum atomic E-state index is -4.32. The fourth-order valence-corrected chi connectivity index (χ4v) is 3.37. The Morgan fingerprint density at radius 1 is 1.19 bits per heavy atom. The Labute approximate surface area is 178 Å². The highest BCUT2D eigenvalue weighted by Crippen LogP contribution is 2.42. The van der Waals surface area contributed by atoms with Crippen LogP contribution in [0.5, 0.6) is 5.88 Å². The lowest BCUT2D eigenvalue weighted by molar-refractivity contribution is -0.210. The number of aromatic nitrogens is 4. The second-order valence-corrected chi connectivity index (χ2v) is 7.72. The normalized spacial score (nSPS) is 19.0. The number of halogens is 5. The maximum Gasteiger partial charge on any atom is 0.392 e. The number of alkyl halides is 5. The highest BCUT2D eigenvalue weighted by atomic mass is 19.4. The van der Waals surface area contributed by atoms with Gasteiger partial charge in [-0.05, 0) is 18.9 Å². The number of nitrogens with one attached hydrogen (secondary N) is 1. The van der Waals surface area contributed by atoms with Crippen LogP contribution in [0.15, 0.2) is 30.6 Å². The zero-order chi connectivity index (χ0) is 23.3. The van der Waals surface area contributed by atoms with Gasteiger partial charge in [-0.2, -0.15) is 26.9 Å². The molecular weight excluding hydrogens is 437 g/mol. The zero-order valence-electron chi connectivity index (χ0n) is 17.0. The summed E-state index contributed by atoms with van der Waals surface area (Å²) in [7, 11) is 0. The minimum Gasteiger partial charge on any atom is -0.474 e. The molecule has 0 radical (unpaired) electrons.